The van der Waals surface area contributed by atoms with Crippen LogP contribution in [-0.2, 0) is 20.8 Å². The van der Waals surface area contributed by atoms with E-state index in [1.54, 1.807) is 7.11 Å². The van der Waals surface area contributed by atoms with Crippen molar-refractivity contribution in [3.8, 4) is 5.75 Å². The van der Waals surface area contributed by atoms with Crippen molar-refractivity contribution in [2.24, 2.45) is 5.92 Å². The van der Waals surface area contributed by atoms with Gasteiger partial charge in [0.2, 0.25) is 5.91 Å². The monoisotopic (exact) mass is 355 g/mol. The van der Waals surface area contributed by atoms with Gasteiger partial charge in [0.15, 0.2) is 0 Å². The van der Waals surface area contributed by atoms with Crippen molar-refractivity contribution in [3.63, 3.8) is 0 Å². The van der Waals surface area contributed by atoms with Crippen molar-refractivity contribution in [1.29, 1.82) is 0 Å². The molecule has 4 atom stereocenters. The first-order chi connectivity index (χ1) is 12.7. The van der Waals surface area contributed by atoms with Crippen LogP contribution >= 0.6 is 0 Å². The molecule has 0 N–H and O–H groups in total. The summed E-state index contributed by atoms with van der Waals surface area (Å²) in [5.74, 6) is 0.704. The molecule has 0 aromatic heterocycles. The molecule has 4 rings (SSSR count). The Bertz CT molecular complexity index is 713. The molecule has 26 heavy (non-hydrogen) atoms. The zero-order valence-electron chi connectivity index (χ0n) is 15.1. The minimum atomic E-state index is -0.517. The molecule has 5 nitrogen and oxygen atoms in total. The Morgan fingerprint density at radius 1 is 1.38 bits per heavy atom. The van der Waals surface area contributed by atoms with E-state index in [1.165, 1.54) is 0 Å². The average Bonchev–Trinajstić information content (AvgIpc) is 3.28. The van der Waals surface area contributed by atoms with Crippen LogP contribution in [0.5, 0.6) is 5.75 Å². The zero-order chi connectivity index (χ0) is 18.1. The maximum atomic E-state index is 13.1. The third-order valence-electron chi connectivity index (χ3n) is 5.51. The van der Waals surface area contributed by atoms with Crippen LogP contribution in [0, 0.1) is 5.92 Å². The van der Waals surface area contributed by atoms with Gasteiger partial charge in [-0.1, -0.05) is 30.4 Å². The average molecular weight is 355 g/mol. The van der Waals surface area contributed by atoms with E-state index in [9.17, 15) is 4.79 Å². The van der Waals surface area contributed by atoms with Crippen molar-refractivity contribution < 1.29 is 19.0 Å². The molecule has 0 unspecified atom stereocenters. The number of amides is 1. The minimum Gasteiger partial charge on any atom is -0.497 e. The number of nitrogens with zero attached hydrogens (tertiary/aromatic N) is 1. The summed E-state index contributed by atoms with van der Waals surface area (Å²) in [4.78, 5) is 15.0. The largest absolute Gasteiger partial charge is 0.497 e. The molecule has 3 aliphatic rings. The van der Waals surface area contributed by atoms with Gasteiger partial charge in [-0.2, -0.15) is 0 Å². The third kappa shape index (κ3) is 2.85. The number of allylic oxidation sites excluding steroid dienone is 1. The number of hydrogen-bond acceptors (Lipinski definition) is 4. The lowest BCUT2D eigenvalue weighted by atomic mass is 9.83. The number of carbonyl (C=O) groups is 1. The molecular formula is C21H25NO4. The number of fused-ring (bicyclic) bond motifs is 1. The van der Waals surface area contributed by atoms with Crippen LogP contribution in [-0.4, -0.2) is 48.9 Å². The lowest BCUT2D eigenvalue weighted by Gasteiger charge is -2.24. The van der Waals surface area contributed by atoms with Gasteiger partial charge in [0, 0.05) is 13.2 Å². The second kappa shape index (κ2) is 6.89. The summed E-state index contributed by atoms with van der Waals surface area (Å²) in [6.07, 6.45) is 7.56. The Hall–Kier alpha value is -2.11. The van der Waals surface area contributed by atoms with Crippen molar-refractivity contribution in [1.82, 2.24) is 4.90 Å². The number of carbonyl (C=O) groups excluding carboxylic acids is 1. The van der Waals surface area contributed by atoms with Gasteiger partial charge in [-0.05, 0) is 30.5 Å². The topological polar surface area (TPSA) is 48.0 Å². The second-order valence-corrected chi connectivity index (χ2v) is 7.18. The summed E-state index contributed by atoms with van der Waals surface area (Å²) in [5, 5.41) is 0. The Kier molecular flexibility index (Phi) is 4.59. The Balaban J connectivity index is 1.45. The fourth-order valence-electron chi connectivity index (χ4n) is 4.25. The number of unbranched alkanes of at least 4 members (excludes halogenated alkanes) is 1. The highest BCUT2D eigenvalue weighted by Gasteiger charge is 2.65. The number of rotatable bonds is 8. The molecule has 5 heteroatoms. The molecule has 0 radical (unpaired) electrons. The smallest absolute Gasteiger partial charge is 0.232 e. The molecule has 0 saturated carbocycles. The number of methoxy groups -OCH3 is 1. The van der Waals surface area contributed by atoms with Gasteiger partial charge in [-0.3, -0.25) is 4.79 Å². The molecule has 1 amide bonds. The van der Waals surface area contributed by atoms with E-state index in [0.29, 0.717) is 19.7 Å². The van der Waals surface area contributed by atoms with Gasteiger partial charge in [0.05, 0.1) is 13.7 Å². The quantitative estimate of drug-likeness (QED) is 0.531. The summed E-state index contributed by atoms with van der Waals surface area (Å²) in [5.41, 5.74) is 0.564. The maximum absolute atomic E-state index is 13.1. The zero-order valence-corrected chi connectivity index (χ0v) is 15.1. The standard InChI is InChI=1S/C21H25NO4/c1-3-4-5-12-25-19-17-10-11-21(26-17)14-22(20(23)18(19)21)13-15-6-8-16(24-2)9-7-15/h3,6-11,17-19H,1,4-5,12-14H2,2H3/t17-,18+,19+,21-/m0/s1. The highest BCUT2D eigenvalue weighted by atomic mass is 16.6. The van der Waals surface area contributed by atoms with Crippen LogP contribution in [0.15, 0.2) is 49.1 Å². The lowest BCUT2D eigenvalue weighted by Crippen LogP contribution is -2.40. The first-order valence-electron chi connectivity index (χ1n) is 9.18. The fourth-order valence-corrected chi connectivity index (χ4v) is 4.25. The molecule has 1 aromatic carbocycles. The molecule has 0 aliphatic carbocycles. The highest BCUT2D eigenvalue weighted by Crippen LogP contribution is 2.50. The normalized spacial score (nSPS) is 31.5. The summed E-state index contributed by atoms with van der Waals surface area (Å²) >= 11 is 0. The molecule has 138 valence electrons. The van der Waals surface area contributed by atoms with Crippen molar-refractivity contribution in [3.05, 3.63) is 54.6 Å². The molecule has 2 bridgehead atoms. The van der Waals surface area contributed by atoms with Crippen molar-refractivity contribution >= 4 is 5.91 Å². The van der Waals surface area contributed by atoms with Crippen LogP contribution in [0.1, 0.15) is 18.4 Å². The van der Waals surface area contributed by atoms with Gasteiger partial charge in [0.1, 0.15) is 29.5 Å². The Morgan fingerprint density at radius 2 is 2.19 bits per heavy atom. The predicted molar refractivity (Wildman–Crippen MR) is 97.8 cm³/mol. The lowest BCUT2D eigenvalue weighted by molar-refractivity contribution is -0.135. The summed E-state index contributed by atoms with van der Waals surface area (Å²) < 4.78 is 17.4. The molecule has 2 saturated heterocycles. The van der Waals surface area contributed by atoms with E-state index in [4.69, 9.17) is 14.2 Å². The van der Waals surface area contributed by atoms with Crippen LogP contribution in [0.25, 0.3) is 0 Å². The van der Waals surface area contributed by atoms with Gasteiger partial charge >= 0.3 is 0 Å². The molecule has 1 aromatic rings. The van der Waals surface area contributed by atoms with E-state index in [0.717, 1.165) is 24.2 Å². The van der Waals surface area contributed by atoms with Gasteiger partial charge in [-0.25, -0.2) is 0 Å². The number of likely N-dealkylation sites (tertiary alicyclic amines) is 1. The van der Waals surface area contributed by atoms with E-state index in [2.05, 4.69) is 18.7 Å². The fraction of sp³-hybridized carbons (Fsp3) is 0.476. The molecule has 3 aliphatic heterocycles. The van der Waals surface area contributed by atoms with Crippen LogP contribution in [0.4, 0.5) is 0 Å². The molecule has 2 fully saturated rings. The molecule has 3 heterocycles. The second-order valence-electron chi connectivity index (χ2n) is 7.18. The van der Waals surface area contributed by atoms with Crippen LogP contribution < -0.4 is 4.74 Å². The Morgan fingerprint density at radius 3 is 2.92 bits per heavy atom. The third-order valence-corrected chi connectivity index (χ3v) is 5.51. The van der Waals surface area contributed by atoms with E-state index in [-0.39, 0.29) is 24.0 Å². The number of hydrogen-bond donors (Lipinski definition) is 0. The maximum Gasteiger partial charge on any atom is 0.232 e. The number of ether oxygens (including phenoxy) is 3. The van der Waals surface area contributed by atoms with Crippen molar-refractivity contribution in [2.75, 3.05) is 20.3 Å². The highest BCUT2D eigenvalue weighted by molar-refractivity contribution is 5.85. The first-order valence-corrected chi connectivity index (χ1v) is 9.18. The number of benzene rings is 1. The predicted octanol–water partition coefficient (Wildman–Crippen LogP) is 2.71. The molecule has 1 spiro atoms. The van der Waals surface area contributed by atoms with Gasteiger partial charge in [-0.15, -0.1) is 6.58 Å². The summed E-state index contributed by atoms with van der Waals surface area (Å²) in [7, 11) is 1.65. The minimum absolute atomic E-state index is 0.101. The molecular weight excluding hydrogens is 330 g/mol. The Labute approximate surface area is 154 Å². The van der Waals surface area contributed by atoms with Crippen molar-refractivity contribution in [2.45, 2.75) is 37.2 Å². The summed E-state index contributed by atoms with van der Waals surface area (Å²) in [6, 6.07) is 7.83. The van der Waals surface area contributed by atoms with E-state index in [1.807, 2.05) is 35.2 Å². The van der Waals surface area contributed by atoms with Crippen LogP contribution in [0.2, 0.25) is 0 Å². The van der Waals surface area contributed by atoms with Crippen LogP contribution in [0.3, 0.4) is 0 Å². The van der Waals surface area contributed by atoms with E-state index < -0.39 is 5.60 Å². The van der Waals surface area contributed by atoms with Gasteiger partial charge < -0.3 is 19.1 Å². The van der Waals surface area contributed by atoms with E-state index >= 15 is 0 Å². The van der Waals surface area contributed by atoms with Gasteiger partial charge in [0.25, 0.3) is 0 Å². The SMILES string of the molecule is C=CCCCO[C@@H]1[C@@H]2C=C[C@@]3(CN(Cc4ccc(OC)cc4)C(=O)[C@@H]13)O2. The summed E-state index contributed by atoms with van der Waals surface area (Å²) in [6.45, 7) is 5.52. The first kappa shape index (κ1) is 17.3.